The third-order valence-corrected chi connectivity index (χ3v) is 5.37. The molecule has 1 aromatic rings. The van der Waals surface area contributed by atoms with E-state index >= 15 is 0 Å². The van der Waals surface area contributed by atoms with Gasteiger partial charge in [-0.2, -0.15) is 0 Å². The van der Waals surface area contributed by atoms with Gasteiger partial charge < -0.3 is 14.9 Å². The van der Waals surface area contributed by atoms with Gasteiger partial charge in [-0.15, -0.1) is 0 Å². The van der Waals surface area contributed by atoms with Crippen LogP contribution in [-0.4, -0.2) is 46.8 Å². The highest BCUT2D eigenvalue weighted by Crippen LogP contribution is 2.55. The van der Waals surface area contributed by atoms with Gasteiger partial charge in [0, 0.05) is 25.0 Å². The lowest BCUT2D eigenvalue weighted by Gasteiger charge is -2.58. The van der Waals surface area contributed by atoms with Gasteiger partial charge in [-0.3, -0.25) is 0 Å². The van der Waals surface area contributed by atoms with E-state index in [4.69, 9.17) is 11.6 Å². The normalized spacial score (nSPS) is 28.3. The van der Waals surface area contributed by atoms with E-state index in [1.807, 2.05) is 6.07 Å². The number of aromatic nitrogens is 1. The van der Waals surface area contributed by atoms with E-state index in [1.54, 1.807) is 17.2 Å². The number of carbonyl (C=O) groups is 1. The van der Waals surface area contributed by atoms with Crippen molar-refractivity contribution in [1.29, 1.82) is 0 Å². The zero-order chi connectivity index (χ0) is 15.4. The third kappa shape index (κ3) is 2.06. The van der Waals surface area contributed by atoms with Crippen LogP contribution in [0.5, 0.6) is 0 Å². The van der Waals surface area contributed by atoms with E-state index in [9.17, 15) is 9.90 Å². The number of nitrogens with zero attached hydrogens (tertiary/aromatic N) is 3. The van der Waals surface area contributed by atoms with Crippen molar-refractivity contribution in [2.75, 3.05) is 24.5 Å². The van der Waals surface area contributed by atoms with Crippen LogP contribution < -0.4 is 4.90 Å². The Morgan fingerprint density at radius 2 is 2.14 bits per heavy atom. The summed E-state index contributed by atoms with van der Waals surface area (Å²) in [7, 11) is 0. The fourth-order valence-electron chi connectivity index (χ4n) is 3.67. The predicted octanol–water partition coefficient (Wildman–Crippen LogP) is 2.95. The standard InChI is InChI=1S/C15H20ClN3O2/c1-14(2,3)15-8-18(10-4-5-12(16)17-6-10)7-11(15)19(9-15)13(20)21/h4-6,11H,7-9H2,1-3H3,(H,20,21). The highest BCUT2D eigenvalue weighted by atomic mass is 35.5. The van der Waals surface area contributed by atoms with Crippen LogP contribution in [0.25, 0.3) is 0 Å². The molecule has 5 nitrogen and oxygen atoms in total. The van der Waals surface area contributed by atoms with E-state index in [0.717, 1.165) is 12.2 Å². The van der Waals surface area contributed by atoms with Crippen molar-refractivity contribution in [3.8, 4) is 0 Å². The van der Waals surface area contributed by atoms with Crippen molar-refractivity contribution in [2.45, 2.75) is 26.8 Å². The number of amides is 1. The molecule has 2 aliphatic heterocycles. The molecule has 0 saturated carbocycles. The molecule has 114 valence electrons. The highest BCUT2D eigenvalue weighted by molar-refractivity contribution is 6.29. The Morgan fingerprint density at radius 3 is 2.67 bits per heavy atom. The fraction of sp³-hybridized carbons (Fsp3) is 0.600. The summed E-state index contributed by atoms with van der Waals surface area (Å²) >= 11 is 5.84. The molecule has 0 radical (unpaired) electrons. The maximum Gasteiger partial charge on any atom is 0.407 e. The lowest BCUT2D eigenvalue weighted by Crippen LogP contribution is -2.70. The van der Waals surface area contributed by atoms with Crippen molar-refractivity contribution in [1.82, 2.24) is 9.88 Å². The van der Waals surface area contributed by atoms with Crippen LogP contribution in [0.4, 0.5) is 10.5 Å². The van der Waals surface area contributed by atoms with Gasteiger partial charge >= 0.3 is 6.09 Å². The summed E-state index contributed by atoms with van der Waals surface area (Å²) in [5.74, 6) is 0. The van der Waals surface area contributed by atoms with Crippen LogP contribution in [-0.2, 0) is 0 Å². The largest absolute Gasteiger partial charge is 0.465 e. The minimum atomic E-state index is -0.823. The van der Waals surface area contributed by atoms with Gasteiger partial charge in [0.05, 0.1) is 17.9 Å². The van der Waals surface area contributed by atoms with Crippen molar-refractivity contribution in [3.05, 3.63) is 23.5 Å². The third-order valence-electron chi connectivity index (χ3n) is 5.15. The molecule has 6 heteroatoms. The van der Waals surface area contributed by atoms with Gasteiger partial charge in [0.2, 0.25) is 0 Å². The van der Waals surface area contributed by atoms with Crippen molar-refractivity contribution < 1.29 is 9.90 Å². The van der Waals surface area contributed by atoms with Gasteiger partial charge in [0.15, 0.2) is 0 Å². The first-order valence-electron chi connectivity index (χ1n) is 7.11. The molecule has 1 amide bonds. The first-order valence-corrected chi connectivity index (χ1v) is 7.48. The number of halogens is 1. The average molecular weight is 310 g/mol. The van der Waals surface area contributed by atoms with Crippen LogP contribution in [0.3, 0.4) is 0 Å². The van der Waals surface area contributed by atoms with Crippen molar-refractivity contribution in [2.24, 2.45) is 10.8 Å². The monoisotopic (exact) mass is 309 g/mol. The quantitative estimate of drug-likeness (QED) is 0.810. The van der Waals surface area contributed by atoms with E-state index in [-0.39, 0.29) is 16.9 Å². The molecule has 2 saturated heterocycles. The fourth-order valence-corrected chi connectivity index (χ4v) is 3.79. The Balaban J connectivity index is 1.89. The maximum absolute atomic E-state index is 11.4. The second kappa shape index (κ2) is 4.50. The highest BCUT2D eigenvalue weighted by Gasteiger charge is 2.64. The number of pyridine rings is 1. The summed E-state index contributed by atoms with van der Waals surface area (Å²) in [6.45, 7) is 8.77. The van der Waals surface area contributed by atoms with Crippen LogP contribution >= 0.6 is 11.6 Å². The number of anilines is 1. The Bertz CT molecular complexity index is 569. The van der Waals surface area contributed by atoms with Gasteiger partial charge in [0.1, 0.15) is 5.15 Å². The van der Waals surface area contributed by atoms with E-state index in [0.29, 0.717) is 18.2 Å². The summed E-state index contributed by atoms with van der Waals surface area (Å²) in [6.07, 6.45) is 0.935. The summed E-state index contributed by atoms with van der Waals surface area (Å²) in [6, 6.07) is 3.77. The molecular formula is C15H20ClN3O2. The zero-order valence-corrected chi connectivity index (χ0v) is 13.3. The molecule has 3 rings (SSSR count). The summed E-state index contributed by atoms with van der Waals surface area (Å²) in [5.41, 5.74) is 1.06. The molecule has 1 N–H and O–H groups in total. The maximum atomic E-state index is 11.4. The van der Waals surface area contributed by atoms with Crippen LogP contribution in [0.2, 0.25) is 5.15 Å². The molecule has 2 aliphatic rings. The number of hydrogen-bond acceptors (Lipinski definition) is 3. The van der Waals surface area contributed by atoms with Gasteiger partial charge in [-0.1, -0.05) is 32.4 Å². The first kappa shape index (κ1) is 14.4. The molecule has 2 unspecified atom stereocenters. The van der Waals surface area contributed by atoms with Crippen molar-refractivity contribution >= 4 is 23.4 Å². The molecule has 0 aromatic carbocycles. The number of hydrogen-bond donors (Lipinski definition) is 1. The Hall–Kier alpha value is -1.49. The molecular weight excluding hydrogens is 290 g/mol. The minimum absolute atomic E-state index is 0.00499. The van der Waals surface area contributed by atoms with E-state index < -0.39 is 6.09 Å². The second-order valence-corrected chi connectivity index (χ2v) is 7.44. The molecule has 0 spiro atoms. The predicted molar refractivity (Wildman–Crippen MR) is 81.9 cm³/mol. The lowest BCUT2D eigenvalue weighted by molar-refractivity contribution is -0.0901. The Labute approximate surface area is 129 Å². The Morgan fingerprint density at radius 1 is 1.43 bits per heavy atom. The minimum Gasteiger partial charge on any atom is -0.465 e. The topological polar surface area (TPSA) is 56.7 Å². The zero-order valence-electron chi connectivity index (χ0n) is 12.5. The molecule has 2 atom stereocenters. The molecule has 0 aliphatic carbocycles. The first-order chi connectivity index (χ1) is 9.74. The molecule has 3 heterocycles. The van der Waals surface area contributed by atoms with Crippen LogP contribution in [0.15, 0.2) is 18.3 Å². The van der Waals surface area contributed by atoms with Gasteiger partial charge in [-0.05, 0) is 17.5 Å². The summed E-state index contributed by atoms with van der Waals surface area (Å²) < 4.78 is 0. The Kier molecular flexibility index (Phi) is 3.10. The van der Waals surface area contributed by atoms with Crippen LogP contribution in [0, 0.1) is 10.8 Å². The van der Waals surface area contributed by atoms with Crippen LogP contribution in [0.1, 0.15) is 20.8 Å². The number of rotatable bonds is 1. The smallest absolute Gasteiger partial charge is 0.407 e. The van der Waals surface area contributed by atoms with Crippen molar-refractivity contribution in [3.63, 3.8) is 0 Å². The van der Waals surface area contributed by atoms with Gasteiger partial charge in [-0.25, -0.2) is 9.78 Å². The summed E-state index contributed by atoms with van der Waals surface area (Å²) in [4.78, 5) is 19.3. The molecule has 21 heavy (non-hydrogen) atoms. The lowest BCUT2D eigenvalue weighted by atomic mass is 9.58. The molecule has 2 fully saturated rings. The molecule has 0 bridgehead atoms. The van der Waals surface area contributed by atoms with E-state index in [2.05, 4.69) is 30.7 Å². The number of fused-ring (bicyclic) bond motifs is 1. The van der Waals surface area contributed by atoms with E-state index in [1.165, 1.54) is 0 Å². The number of likely N-dealkylation sites (tertiary alicyclic amines) is 1. The number of carboxylic acid groups (broad SMARTS) is 1. The van der Waals surface area contributed by atoms with Gasteiger partial charge in [0.25, 0.3) is 0 Å². The summed E-state index contributed by atoms with van der Waals surface area (Å²) in [5, 5.41) is 9.80. The SMILES string of the molecule is CC(C)(C)C12CN(c3ccc(Cl)nc3)CC1N(C(=O)O)C2. The molecule has 1 aromatic heterocycles. The average Bonchev–Trinajstić information content (AvgIpc) is 2.64. The second-order valence-electron chi connectivity index (χ2n) is 7.05.